The molecule has 1 aliphatic rings. The smallest absolute Gasteiger partial charge is 0.410 e. The highest BCUT2D eigenvalue weighted by Crippen LogP contribution is 2.22. The van der Waals surface area contributed by atoms with Gasteiger partial charge in [-0.2, -0.15) is 0 Å². The van der Waals surface area contributed by atoms with Gasteiger partial charge in [0.05, 0.1) is 6.61 Å². The maximum atomic E-state index is 12.3. The van der Waals surface area contributed by atoms with Crippen LogP contribution in [0, 0.1) is 13.8 Å². The van der Waals surface area contributed by atoms with Gasteiger partial charge in [-0.1, -0.05) is 48.5 Å². The van der Waals surface area contributed by atoms with Gasteiger partial charge in [0.2, 0.25) is 5.91 Å². The van der Waals surface area contributed by atoms with Crippen molar-refractivity contribution in [2.45, 2.75) is 52.2 Å². The zero-order valence-electron chi connectivity index (χ0n) is 18.4. The van der Waals surface area contributed by atoms with Crippen molar-refractivity contribution < 1.29 is 19.1 Å². The van der Waals surface area contributed by atoms with E-state index in [1.807, 2.05) is 62.4 Å². The van der Waals surface area contributed by atoms with E-state index in [2.05, 4.69) is 5.32 Å². The minimum atomic E-state index is -0.294. The monoisotopic (exact) mass is 424 g/mol. The van der Waals surface area contributed by atoms with E-state index in [4.69, 9.17) is 9.47 Å². The summed E-state index contributed by atoms with van der Waals surface area (Å²) in [7, 11) is 0. The minimum Gasteiger partial charge on any atom is -0.493 e. The number of amides is 2. The topological polar surface area (TPSA) is 67.9 Å². The van der Waals surface area contributed by atoms with Crippen molar-refractivity contribution in [2.24, 2.45) is 0 Å². The Morgan fingerprint density at radius 2 is 1.68 bits per heavy atom. The first-order chi connectivity index (χ1) is 15.0. The van der Waals surface area contributed by atoms with E-state index in [9.17, 15) is 9.59 Å². The summed E-state index contributed by atoms with van der Waals surface area (Å²) in [6.45, 7) is 6.03. The molecule has 0 saturated carbocycles. The van der Waals surface area contributed by atoms with Gasteiger partial charge >= 0.3 is 6.09 Å². The Morgan fingerprint density at radius 3 is 2.35 bits per heavy atom. The van der Waals surface area contributed by atoms with Crippen LogP contribution in [0.15, 0.2) is 48.5 Å². The molecule has 6 nitrogen and oxygen atoms in total. The molecule has 0 aliphatic carbocycles. The quantitative estimate of drug-likeness (QED) is 0.639. The van der Waals surface area contributed by atoms with Crippen molar-refractivity contribution in [2.75, 3.05) is 19.7 Å². The summed E-state index contributed by atoms with van der Waals surface area (Å²) >= 11 is 0. The van der Waals surface area contributed by atoms with Gasteiger partial charge in [-0.25, -0.2) is 4.79 Å². The first-order valence-corrected chi connectivity index (χ1v) is 11.0. The van der Waals surface area contributed by atoms with E-state index in [1.165, 1.54) is 0 Å². The molecule has 166 valence electrons. The molecule has 31 heavy (non-hydrogen) atoms. The molecular weight excluding hydrogens is 392 g/mol. The highest BCUT2D eigenvalue weighted by Gasteiger charge is 2.24. The van der Waals surface area contributed by atoms with Crippen molar-refractivity contribution in [3.63, 3.8) is 0 Å². The van der Waals surface area contributed by atoms with Gasteiger partial charge in [-0.05, 0) is 49.8 Å². The highest BCUT2D eigenvalue weighted by atomic mass is 16.6. The van der Waals surface area contributed by atoms with Crippen LogP contribution >= 0.6 is 0 Å². The average molecular weight is 425 g/mol. The number of ether oxygens (including phenoxy) is 2. The zero-order valence-corrected chi connectivity index (χ0v) is 18.4. The molecule has 0 spiro atoms. The molecule has 0 unspecified atom stereocenters. The predicted octanol–water partition coefficient (Wildman–Crippen LogP) is 4.38. The second-order valence-electron chi connectivity index (χ2n) is 8.04. The number of nitrogens with one attached hydrogen (secondary N) is 1. The summed E-state index contributed by atoms with van der Waals surface area (Å²) in [5, 5.41) is 3.08. The molecule has 0 bridgehead atoms. The zero-order chi connectivity index (χ0) is 22.1. The number of aryl methyl sites for hydroxylation is 2. The number of nitrogens with zero attached hydrogens (tertiary/aromatic N) is 1. The van der Waals surface area contributed by atoms with Crippen LogP contribution in [0.4, 0.5) is 4.79 Å². The Hall–Kier alpha value is -3.02. The lowest BCUT2D eigenvalue weighted by molar-refractivity contribution is -0.122. The average Bonchev–Trinajstić information content (AvgIpc) is 2.78. The summed E-state index contributed by atoms with van der Waals surface area (Å²) in [5.74, 6) is 0.949. The van der Waals surface area contributed by atoms with E-state index < -0.39 is 0 Å². The third-order valence-corrected chi connectivity index (χ3v) is 5.53. The van der Waals surface area contributed by atoms with Crippen molar-refractivity contribution in [3.8, 4) is 5.75 Å². The second kappa shape index (κ2) is 11.4. The molecule has 2 aromatic carbocycles. The van der Waals surface area contributed by atoms with E-state index >= 15 is 0 Å². The van der Waals surface area contributed by atoms with Crippen LogP contribution in [0.1, 0.15) is 42.4 Å². The molecule has 1 fully saturated rings. The van der Waals surface area contributed by atoms with E-state index in [1.54, 1.807) is 4.90 Å². The normalized spacial score (nSPS) is 14.2. The van der Waals surface area contributed by atoms with Crippen LogP contribution in [0.2, 0.25) is 0 Å². The molecule has 1 aliphatic heterocycles. The van der Waals surface area contributed by atoms with E-state index in [-0.39, 0.29) is 24.6 Å². The van der Waals surface area contributed by atoms with Crippen LogP contribution in [-0.2, 0) is 16.1 Å². The lowest BCUT2D eigenvalue weighted by Crippen LogP contribution is -2.46. The molecule has 3 rings (SSSR count). The van der Waals surface area contributed by atoms with E-state index in [0.717, 1.165) is 35.3 Å². The van der Waals surface area contributed by atoms with Gasteiger partial charge in [-0.15, -0.1) is 0 Å². The number of hydrogen-bond acceptors (Lipinski definition) is 4. The lowest BCUT2D eigenvalue weighted by Gasteiger charge is -2.31. The van der Waals surface area contributed by atoms with Crippen molar-refractivity contribution in [1.29, 1.82) is 0 Å². The molecule has 2 amide bonds. The molecule has 1 N–H and O–H groups in total. The van der Waals surface area contributed by atoms with Gasteiger partial charge in [-0.3, -0.25) is 4.79 Å². The van der Waals surface area contributed by atoms with Crippen LogP contribution < -0.4 is 10.1 Å². The molecule has 1 heterocycles. The van der Waals surface area contributed by atoms with Crippen molar-refractivity contribution in [1.82, 2.24) is 10.2 Å². The van der Waals surface area contributed by atoms with Gasteiger partial charge in [0, 0.05) is 25.6 Å². The SMILES string of the molecule is Cc1cccc(C)c1OCCCC(=O)NC1CCN(C(=O)OCc2ccccc2)CC1. The first-order valence-electron chi connectivity index (χ1n) is 11.0. The van der Waals surface area contributed by atoms with Crippen molar-refractivity contribution in [3.05, 3.63) is 65.2 Å². The van der Waals surface area contributed by atoms with Gasteiger partial charge in [0.15, 0.2) is 0 Å². The summed E-state index contributed by atoms with van der Waals surface area (Å²) in [6, 6.07) is 15.8. The van der Waals surface area contributed by atoms with Crippen molar-refractivity contribution >= 4 is 12.0 Å². The number of carbonyl (C=O) groups is 2. The molecule has 0 aromatic heterocycles. The number of rotatable bonds is 8. The molecule has 0 atom stereocenters. The Balaban J connectivity index is 1.30. The molecule has 6 heteroatoms. The van der Waals surface area contributed by atoms with Gasteiger partial charge in [0.1, 0.15) is 12.4 Å². The van der Waals surface area contributed by atoms with Crippen LogP contribution in [-0.4, -0.2) is 42.6 Å². The van der Waals surface area contributed by atoms with Gasteiger partial charge in [0.25, 0.3) is 0 Å². The maximum Gasteiger partial charge on any atom is 0.410 e. The standard InChI is InChI=1S/C25H32N2O4/c1-19-8-6-9-20(2)24(19)30-17-7-12-23(28)26-22-13-15-27(16-14-22)25(29)31-18-21-10-4-3-5-11-21/h3-6,8-11,22H,7,12-18H2,1-2H3,(H,26,28). The third-order valence-electron chi connectivity index (χ3n) is 5.53. The molecule has 0 radical (unpaired) electrons. The van der Waals surface area contributed by atoms with E-state index in [0.29, 0.717) is 32.5 Å². The summed E-state index contributed by atoms with van der Waals surface area (Å²) in [6.07, 6.45) is 2.29. The second-order valence-corrected chi connectivity index (χ2v) is 8.04. The maximum absolute atomic E-state index is 12.3. The number of likely N-dealkylation sites (tertiary alicyclic amines) is 1. The molecular formula is C25H32N2O4. The number of para-hydroxylation sites is 1. The molecule has 1 saturated heterocycles. The fourth-order valence-corrected chi connectivity index (χ4v) is 3.75. The Morgan fingerprint density at radius 1 is 1.00 bits per heavy atom. The van der Waals surface area contributed by atoms with Crippen LogP contribution in [0.3, 0.4) is 0 Å². The first kappa shape index (κ1) is 22.7. The van der Waals surface area contributed by atoms with Crippen LogP contribution in [0.5, 0.6) is 5.75 Å². The fourth-order valence-electron chi connectivity index (χ4n) is 3.75. The highest BCUT2D eigenvalue weighted by molar-refractivity contribution is 5.76. The fraction of sp³-hybridized carbons (Fsp3) is 0.440. The number of carbonyl (C=O) groups excluding carboxylic acids is 2. The Bertz CT molecular complexity index is 841. The summed E-state index contributed by atoms with van der Waals surface area (Å²) in [5.41, 5.74) is 3.19. The van der Waals surface area contributed by atoms with Crippen LogP contribution in [0.25, 0.3) is 0 Å². The Labute approximate surface area is 184 Å². The Kier molecular flexibility index (Phi) is 8.33. The number of benzene rings is 2. The number of piperidine rings is 1. The molecule has 2 aromatic rings. The largest absolute Gasteiger partial charge is 0.493 e. The number of hydrogen-bond donors (Lipinski definition) is 1. The van der Waals surface area contributed by atoms with Gasteiger partial charge < -0.3 is 19.7 Å². The minimum absolute atomic E-state index is 0.0372. The summed E-state index contributed by atoms with van der Waals surface area (Å²) in [4.78, 5) is 26.2. The lowest BCUT2D eigenvalue weighted by atomic mass is 10.1. The third kappa shape index (κ3) is 7.02. The summed E-state index contributed by atoms with van der Waals surface area (Å²) < 4.78 is 11.3. The predicted molar refractivity (Wildman–Crippen MR) is 120 cm³/mol.